The maximum Gasteiger partial charge on any atom is 0.175 e. The molecule has 0 bridgehead atoms. The topological polar surface area (TPSA) is 29.5 Å². The number of hydrogen-bond donors (Lipinski definition) is 1. The van der Waals surface area contributed by atoms with Gasteiger partial charge in [-0.25, -0.2) is 0 Å². The van der Waals surface area contributed by atoms with Gasteiger partial charge in [0, 0.05) is 0 Å². The number of allylic oxidation sites excluding steroid dienone is 3. The molecule has 0 saturated heterocycles. The molecular weight excluding hydrogens is 164 g/mol. The highest BCUT2D eigenvalue weighted by molar-refractivity contribution is 5.12. The molecule has 2 heteroatoms. The summed E-state index contributed by atoms with van der Waals surface area (Å²) in [4.78, 5) is 0. The van der Waals surface area contributed by atoms with Crippen molar-refractivity contribution in [2.45, 2.75) is 32.7 Å². The van der Waals surface area contributed by atoms with Crippen LogP contribution in [0.25, 0.3) is 0 Å². The van der Waals surface area contributed by atoms with E-state index in [9.17, 15) is 5.11 Å². The van der Waals surface area contributed by atoms with E-state index in [1.807, 2.05) is 38.2 Å². The van der Waals surface area contributed by atoms with Crippen molar-refractivity contribution < 1.29 is 9.84 Å². The zero-order valence-electron chi connectivity index (χ0n) is 8.10. The van der Waals surface area contributed by atoms with Crippen LogP contribution in [0.2, 0.25) is 0 Å². The molecule has 0 aromatic heterocycles. The van der Waals surface area contributed by atoms with E-state index < -0.39 is 6.29 Å². The zero-order valence-corrected chi connectivity index (χ0v) is 8.10. The predicted molar refractivity (Wildman–Crippen MR) is 53.2 cm³/mol. The van der Waals surface area contributed by atoms with Gasteiger partial charge in [0.15, 0.2) is 6.29 Å². The molecule has 0 saturated carbocycles. The molecule has 1 aliphatic rings. The van der Waals surface area contributed by atoms with Gasteiger partial charge in [0.1, 0.15) is 0 Å². The lowest BCUT2D eigenvalue weighted by Gasteiger charge is -2.22. The highest BCUT2D eigenvalue weighted by atomic mass is 16.6. The highest BCUT2D eigenvalue weighted by Gasteiger charge is 2.16. The van der Waals surface area contributed by atoms with Gasteiger partial charge in [0.25, 0.3) is 0 Å². The summed E-state index contributed by atoms with van der Waals surface area (Å²) in [6.07, 6.45) is 9.67. The Morgan fingerprint density at radius 1 is 1.54 bits per heavy atom. The van der Waals surface area contributed by atoms with E-state index in [-0.39, 0.29) is 6.10 Å². The lowest BCUT2D eigenvalue weighted by atomic mass is 10.1. The van der Waals surface area contributed by atoms with Crippen LogP contribution in [-0.4, -0.2) is 17.5 Å². The number of rotatable bonds is 2. The Morgan fingerprint density at radius 2 is 2.31 bits per heavy atom. The van der Waals surface area contributed by atoms with Crippen molar-refractivity contribution in [2.24, 2.45) is 0 Å². The summed E-state index contributed by atoms with van der Waals surface area (Å²) in [6, 6.07) is 0. The van der Waals surface area contributed by atoms with Gasteiger partial charge in [-0.2, -0.15) is 0 Å². The average Bonchev–Trinajstić information content (AvgIpc) is 2.03. The predicted octanol–water partition coefficient (Wildman–Crippen LogP) is 2.17. The molecule has 2 nitrogen and oxygen atoms in total. The second-order valence-electron chi connectivity index (χ2n) is 3.19. The Kier molecular flexibility index (Phi) is 3.93. The molecule has 0 aromatic rings. The van der Waals surface area contributed by atoms with E-state index >= 15 is 0 Å². The molecule has 1 aliphatic heterocycles. The van der Waals surface area contributed by atoms with Crippen LogP contribution in [0.1, 0.15) is 20.3 Å². The molecule has 13 heavy (non-hydrogen) atoms. The SMILES string of the molecule is C/C=C/C=C/C1CC(C)=CC(O)O1. The fraction of sp³-hybridized carbons (Fsp3) is 0.455. The Labute approximate surface area is 79.2 Å². The number of ether oxygens (including phenoxy) is 1. The van der Waals surface area contributed by atoms with Gasteiger partial charge in [-0.15, -0.1) is 0 Å². The Bertz CT molecular complexity index is 238. The minimum atomic E-state index is -0.742. The Morgan fingerprint density at radius 3 is 2.92 bits per heavy atom. The van der Waals surface area contributed by atoms with Crippen molar-refractivity contribution in [3.63, 3.8) is 0 Å². The van der Waals surface area contributed by atoms with Crippen LogP contribution in [-0.2, 0) is 4.74 Å². The maximum atomic E-state index is 9.26. The molecular formula is C11H16O2. The Hall–Kier alpha value is -0.860. The molecule has 2 unspecified atom stereocenters. The lowest BCUT2D eigenvalue weighted by molar-refractivity contribution is -0.0967. The third-order valence-electron chi connectivity index (χ3n) is 1.89. The third kappa shape index (κ3) is 3.57. The molecule has 0 radical (unpaired) electrons. The molecule has 2 atom stereocenters. The zero-order chi connectivity index (χ0) is 9.68. The van der Waals surface area contributed by atoms with Crippen LogP contribution in [0.4, 0.5) is 0 Å². The second-order valence-corrected chi connectivity index (χ2v) is 3.19. The van der Waals surface area contributed by atoms with Crippen molar-refractivity contribution in [1.82, 2.24) is 0 Å². The van der Waals surface area contributed by atoms with Crippen molar-refractivity contribution in [3.05, 3.63) is 36.0 Å². The fourth-order valence-corrected chi connectivity index (χ4v) is 1.31. The van der Waals surface area contributed by atoms with Crippen LogP contribution < -0.4 is 0 Å². The van der Waals surface area contributed by atoms with Crippen molar-refractivity contribution in [2.75, 3.05) is 0 Å². The van der Waals surface area contributed by atoms with E-state index in [2.05, 4.69) is 0 Å². The van der Waals surface area contributed by atoms with Gasteiger partial charge in [0.05, 0.1) is 6.10 Å². The second kappa shape index (κ2) is 5.00. The van der Waals surface area contributed by atoms with E-state index in [1.54, 1.807) is 6.08 Å². The van der Waals surface area contributed by atoms with Crippen LogP contribution in [0.15, 0.2) is 36.0 Å². The summed E-state index contributed by atoms with van der Waals surface area (Å²) in [7, 11) is 0. The molecule has 0 aliphatic carbocycles. The van der Waals surface area contributed by atoms with Crippen LogP contribution in [0.5, 0.6) is 0 Å². The van der Waals surface area contributed by atoms with E-state index in [0.29, 0.717) is 0 Å². The van der Waals surface area contributed by atoms with Crippen LogP contribution in [0, 0.1) is 0 Å². The smallest absolute Gasteiger partial charge is 0.175 e. The number of aliphatic hydroxyl groups excluding tert-OH is 1. The number of aliphatic hydroxyl groups is 1. The van der Waals surface area contributed by atoms with Crippen LogP contribution in [0.3, 0.4) is 0 Å². The minimum absolute atomic E-state index is 0.0104. The van der Waals surface area contributed by atoms with Gasteiger partial charge in [-0.05, 0) is 26.3 Å². The standard InChI is InChI=1S/C11H16O2/c1-3-4-5-6-10-7-9(2)8-11(12)13-10/h3-6,8,10-12H,7H2,1-2H3/b4-3+,6-5+. The molecule has 1 rings (SSSR count). The average molecular weight is 180 g/mol. The summed E-state index contributed by atoms with van der Waals surface area (Å²) in [6.45, 7) is 3.97. The summed E-state index contributed by atoms with van der Waals surface area (Å²) in [5.74, 6) is 0. The van der Waals surface area contributed by atoms with Crippen molar-refractivity contribution >= 4 is 0 Å². The van der Waals surface area contributed by atoms with Crippen molar-refractivity contribution in [3.8, 4) is 0 Å². The van der Waals surface area contributed by atoms with Crippen LogP contribution >= 0.6 is 0 Å². The molecule has 1 heterocycles. The quantitative estimate of drug-likeness (QED) is 0.521. The minimum Gasteiger partial charge on any atom is -0.365 e. The fourth-order valence-electron chi connectivity index (χ4n) is 1.31. The molecule has 72 valence electrons. The third-order valence-corrected chi connectivity index (χ3v) is 1.89. The monoisotopic (exact) mass is 180 g/mol. The van der Waals surface area contributed by atoms with E-state index in [4.69, 9.17) is 4.74 Å². The highest BCUT2D eigenvalue weighted by Crippen LogP contribution is 2.18. The maximum absolute atomic E-state index is 9.26. The van der Waals surface area contributed by atoms with Gasteiger partial charge in [-0.1, -0.05) is 29.9 Å². The molecule has 0 fully saturated rings. The normalized spacial score (nSPS) is 29.9. The van der Waals surface area contributed by atoms with Gasteiger partial charge in [-0.3, -0.25) is 0 Å². The molecule has 0 spiro atoms. The first-order chi connectivity index (χ1) is 6.22. The molecule has 0 aromatic carbocycles. The van der Waals surface area contributed by atoms with E-state index in [1.165, 1.54) is 5.57 Å². The largest absolute Gasteiger partial charge is 0.365 e. The number of hydrogen-bond acceptors (Lipinski definition) is 2. The summed E-state index contributed by atoms with van der Waals surface area (Å²) < 4.78 is 5.26. The van der Waals surface area contributed by atoms with Gasteiger partial charge >= 0.3 is 0 Å². The van der Waals surface area contributed by atoms with E-state index in [0.717, 1.165) is 6.42 Å². The summed E-state index contributed by atoms with van der Waals surface area (Å²) in [5.41, 5.74) is 1.17. The first-order valence-electron chi connectivity index (χ1n) is 4.52. The lowest BCUT2D eigenvalue weighted by Crippen LogP contribution is -2.23. The summed E-state index contributed by atoms with van der Waals surface area (Å²) in [5, 5.41) is 9.26. The molecule has 1 N–H and O–H groups in total. The summed E-state index contributed by atoms with van der Waals surface area (Å²) >= 11 is 0. The van der Waals surface area contributed by atoms with Gasteiger partial charge in [0.2, 0.25) is 0 Å². The Balaban J connectivity index is 2.50. The van der Waals surface area contributed by atoms with Gasteiger partial charge < -0.3 is 9.84 Å². The first-order valence-corrected chi connectivity index (χ1v) is 4.52. The first kappa shape index (κ1) is 10.2. The molecule has 0 amide bonds. The van der Waals surface area contributed by atoms with Crippen molar-refractivity contribution in [1.29, 1.82) is 0 Å².